The van der Waals surface area contributed by atoms with Crippen molar-refractivity contribution >= 4 is 22.4 Å². The molecule has 0 N–H and O–H groups in total. The molecular formula is C13H11NO5. The monoisotopic (exact) mass is 261 g/mol. The van der Waals surface area contributed by atoms with Crippen LogP contribution in [0.4, 0.5) is 5.69 Å². The Hall–Kier alpha value is -2.63. The second-order valence-corrected chi connectivity index (χ2v) is 3.80. The zero-order valence-corrected chi connectivity index (χ0v) is 10.4. The number of methoxy groups -OCH3 is 2. The maximum atomic E-state index is 11.4. The minimum atomic E-state index is -0.501. The normalized spacial score (nSPS) is 10.2. The van der Waals surface area contributed by atoms with Crippen LogP contribution >= 0.6 is 0 Å². The number of rotatable bonds is 3. The predicted octanol–water partition coefficient (Wildman–Crippen LogP) is 2.54. The highest BCUT2D eigenvalue weighted by Crippen LogP contribution is 2.35. The third-order valence-electron chi connectivity index (χ3n) is 2.78. The van der Waals surface area contributed by atoms with Gasteiger partial charge in [-0.05, 0) is 29.7 Å². The number of nitro groups is 1. The largest absolute Gasteiger partial charge is 0.490 e. The average Bonchev–Trinajstić information content (AvgIpc) is 2.44. The Kier molecular flexibility index (Phi) is 3.33. The number of fused-ring (bicyclic) bond motifs is 1. The molecule has 0 aromatic heterocycles. The average molecular weight is 261 g/mol. The molecule has 0 radical (unpaired) electrons. The van der Waals surface area contributed by atoms with Crippen molar-refractivity contribution < 1.29 is 19.2 Å². The van der Waals surface area contributed by atoms with E-state index < -0.39 is 10.9 Å². The SMILES string of the molecule is COC(=O)c1ccc2c([N+](=O)[O-])c(OC)ccc2c1. The summed E-state index contributed by atoms with van der Waals surface area (Å²) in [5, 5.41) is 12.1. The number of nitrogens with zero attached hydrogens (tertiary/aromatic N) is 1. The number of nitro benzene ring substituents is 1. The van der Waals surface area contributed by atoms with E-state index in [4.69, 9.17) is 4.74 Å². The van der Waals surface area contributed by atoms with Crippen LogP contribution in [0.15, 0.2) is 30.3 Å². The van der Waals surface area contributed by atoms with Gasteiger partial charge in [-0.1, -0.05) is 6.07 Å². The molecule has 0 heterocycles. The van der Waals surface area contributed by atoms with Crippen molar-refractivity contribution in [2.75, 3.05) is 14.2 Å². The van der Waals surface area contributed by atoms with E-state index in [0.29, 0.717) is 16.3 Å². The fourth-order valence-corrected chi connectivity index (χ4v) is 1.89. The topological polar surface area (TPSA) is 78.7 Å². The van der Waals surface area contributed by atoms with Crippen LogP contribution in [0.5, 0.6) is 5.75 Å². The molecule has 0 fully saturated rings. The Bertz CT molecular complexity index is 665. The summed E-state index contributed by atoms with van der Waals surface area (Å²) in [6.45, 7) is 0. The summed E-state index contributed by atoms with van der Waals surface area (Å²) in [4.78, 5) is 22.0. The minimum Gasteiger partial charge on any atom is -0.490 e. The van der Waals surface area contributed by atoms with E-state index >= 15 is 0 Å². The minimum absolute atomic E-state index is 0.114. The first-order valence-electron chi connectivity index (χ1n) is 5.42. The van der Waals surface area contributed by atoms with Crippen LogP contribution in [0.1, 0.15) is 10.4 Å². The third kappa shape index (κ3) is 2.20. The predicted molar refractivity (Wildman–Crippen MR) is 68.5 cm³/mol. The molecule has 0 saturated carbocycles. The lowest BCUT2D eigenvalue weighted by molar-refractivity contribution is -0.383. The molecule has 6 nitrogen and oxygen atoms in total. The molecule has 0 atom stereocenters. The van der Waals surface area contributed by atoms with Crippen molar-refractivity contribution in [1.29, 1.82) is 0 Å². The van der Waals surface area contributed by atoms with Crippen LogP contribution in [0.2, 0.25) is 0 Å². The fourth-order valence-electron chi connectivity index (χ4n) is 1.89. The lowest BCUT2D eigenvalue weighted by atomic mass is 10.0. The van der Waals surface area contributed by atoms with Gasteiger partial charge in [-0.2, -0.15) is 0 Å². The van der Waals surface area contributed by atoms with Crippen molar-refractivity contribution in [3.05, 3.63) is 46.0 Å². The van der Waals surface area contributed by atoms with Crippen molar-refractivity contribution in [3.8, 4) is 5.75 Å². The lowest BCUT2D eigenvalue weighted by Gasteiger charge is -2.06. The number of carbonyl (C=O) groups is 1. The summed E-state index contributed by atoms with van der Waals surface area (Å²) in [7, 11) is 2.65. The first-order chi connectivity index (χ1) is 9.08. The highest BCUT2D eigenvalue weighted by Gasteiger charge is 2.20. The number of carbonyl (C=O) groups excluding carboxylic acids is 1. The smallest absolute Gasteiger partial charge is 0.337 e. The first-order valence-corrected chi connectivity index (χ1v) is 5.42. The molecule has 0 spiro atoms. The molecular weight excluding hydrogens is 250 g/mol. The van der Waals surface area contributed by atoms with Gasteiger partial charge in [-0.15, -0.1) is 0 Å². The van der Waals surface area contributed by atoms with Crippen molar-refractivity contribution in [3.63, 3.8) is 0 Å². The van der Waals surface area contributed by atoms with E-state index in [-0.39, 0.29) is 11.4 Å². The number of ether oxygens (including phenoxy) is 2. The molecule has 0 aliphatic rings. The number of benzene rings is 2. The fraction of sp³-hybridized carbons (Fsp3) is 0.154. The maximum Gasteiger partial charge on any atom is 0.337 e. The van der Waals surface area contributed by atoms with Gasteiger partial charge in [-0.3, -0.25) is 10.1 Å². The quantitative estimate of drug-likeness (QED) is 0.482. The zero-order chi connectivity index (χ0) is 14.0. The third-order valence-corrected chi connectivity index (χ3v) is 2.78. The maximum absolute atomic E-state index is 11.4. The van der Waals surface area contributed by atoms with Crippen LogP contribution in [-0.4, -0.2) is 25.1 Å². The lowest BCUT2D eigenvalue weighted by Crippen LogP contribution is -2.01. The second-order valence-electron chi connectivity index (χ2n) is 3.80. The highest BCUT2D eigenvalue weighted by atomic mass is 16.6. The van der Waals surface area contributed by atoms with E-state index in [9.17, 15) is 14.9 Å². The molecule has 2 aromatic rings. The van der Waals surface area contributed by atoms with Gasteiger partial charge in [0.1, 0.15) is 0 Å². The van der Waals surface area contributed by atoms with E-state index in [2.05, 4.69) is 4.74 Å². The Balaban J connectivity index is 2.71. The molecule has 0 aliphatic heterocycles. The van der Waals surface area contributed by atoms with Gasteiger partial charge in [0.2, 0.25) is 0 Å². The van der Waals surface area contributed by atoms with E-state index in [1.54, 1.807) is 12.1 Å². The van der Waals surface area contributed by atoms with Crippen LogP contribution in [0, 0.1) is 10.1 Å². The van der Waals surface area contributed by atoms with Gasteiger partial charge in [0, 0.05) is 0 Å². The Morgan fingerprint density at radius 2 is 1.95 bits per heavy atom. The standard InChI is InChI=1S/C13H11NO5/c1-18-11-6-4-8-7-9(13(15)19-2)3-5-10(8)12(11)14(16)17/h3-7H,1-2H3. The van der Waals surface area contributed by atoms with Gasteiger partial charge in [-0.25, -0.2) is 4.79 Å². The van der Waals surface area contributed by atoms with Crippen LogP contribution in [0.25, 0.3) is 10.8 Å². The van der Waals surface area contributed by atoms with Crippen molar-refractivity contribution in [2.45, 2.75) is 0 Å². The van der Waals surface area contributed by atoms with Gasteiger partial charge in [0.05, 0.1) is 30.1 Å². The summed E-state index contributed by atoms with van der Waals surface area (Å²) in [5.74, 6) is -0.302. The summed E-state index contributed by atoms with van der Waals surface area (Å²) < 4.78 is 9.59. The Morgan fingerprint density at radius 1 is 1.21 bits per heavy atom. The van der Waals surface area contributed by atoms with Crippen LogP contribution < -0.4 is 4.74 Å². The van der Waals surface area contributed by atoms with Gasteiger partial charge in [0.25, 0.3) is 0 Å². The highest BCUT2D eigenvalue weighted by molar-refractivity contribution is 5.99. The van der Waals surface area contributed by atoms with E-state index in [0.717, 1.165) is 0 Å². The van der Waals surface area contributed by atoms with E-state index in [1.807, 2.05) is 0 Å². The number of hydrogen-bond acceptors (Lipinski definition) is 5. The van der Waals surface area contributed by atoms with Gasteiger partial charge >= 0.3 is 11.7 Å². The summed E-state index contributed by atoms with van der Waals surface area (Å²) in [6.07, 6.45) is 0. The molecule has 6 heteroatoms. The molecule has 98 valence electrons. The molecule has 0 saturated heterocycles. The first kappa shape index (κ1) is 12.8. The molecule has 19 heavy (non-hydrogen) atoms. The van der Waals surface area contributed by atoms with Crippen molar-refractivity contribution in [2.24, 2.45) is 0 Å². The van der Waals surface area contributed by atoms with Crippen LogP contribution in [-0.2, 0) is 4.74 Å². The zero-order valence-electron chi connectivity index (χ0n) is 10.4. The number of esters is 1. The molecule has 2 rings (SSSR count). The van der Waals surface area contributed by atoms with Gasteiger partial charge < -0.3 is 9.47 Å². The summed E-state index contributed by atoms with van der Waals surface area (Å²) in [5.41, 5.74) is 0.228. The molecule has 0 bridgehead atoms. The van der Waals surface area contributed by atoms with Gasteiger partial charge in [0.15, 0.2) is 5.75 Å². The van der Waals surface area contributed by atoms with Crippen LogP contribution in [0.3, 0.4) is 0 Å². The molecule has 0 aliphatic carbocycles. The van der Waals surface area contributed by atoms with Crippen molar-refractivity contribution in [1.82, 2.24) is 0 Å². The Morgan fingerprint density at radius 3 is 2.53 bits per heavy atom. The Labute approximate surface area is 108 Å². The summed E-state index contributed by atoms with van der Waals surface area (Å²) >= 11 is 0. The number of hydrogen-bond donors (Lipinski definition) is 0. The molecule has 0 unspecified atom stereocenters. The van der Waals surface area contributed by atoms with E-state index in [1.165, 1.54) is 32.4 Å². The second kappa shape index (κ2) is 4.93. The molecule has 2 aromatic carbocycles. The molecule has 0 amide bonds. The summed E-state index contributed by atoms with van der Waals surface area (Å²) in [6, 6.07) is 7.71.